The molecule has 32 heavy (non-hydrogen) atoms. The molecule has 0 bridgehead atoms. The highest BCUT2D eigenvalue weighted by Gasteiger charge is 2.39. The number of carbonyl (C=O) groups excluding carboxylic acids is 1. The maximum atomic E-state index is 14.5. The maximum absolute atomic E-state index is 14.5. The number of halogens is 1. The van der Waals surface area contributed by atoms with Crippen molar-refractivity contribution in [3.63, 3.8) is 0 Å². The van der Waals surface area contributed by atoms with Gasteiger partial charge in [-0.05, 0) is 49.9 Å². The summed E-state index contributed by atoms with van der Waals surface area (Å²) in [7, 11) is -2.31. The van der Waals surface area contributed by atoms with Crippen LogP contribution in [0.15, 0.2) is 30.6 Å². The highest BCUT2D eigenvalue weighted by atomic mass is 32.2. The van der Waals surface area contributed by atoms with E-state index in [0.29, 0.717) is 18.5 Å². The molecule has 0 aliphatic heterocycles. The molecule has 1 amide bonds. The predicted octanol–water partition coefficient (Wildman–Crippen LogP) is 3.99. The molecule has 10 heteroatoms. The number of carbonyl (C=O) groups is 1. The third kappa shape index (κ3) is 5.67. The van der Waals surface area contributed by atoms with Crippen molar-refractivity contribution in [1.82, 2.24) is 9.97 Å². The highest BCUT2D eigenvalue weighted by Crippen LogP contribution is 2.29. The van der Waals surface area contributed by atoms with Crippen LogP contribution in [0.3, 0.4) is 0 Å². The van der Waals surface area contributed by atoms with E-state index in [1.807, 2.05) is 6.92 Å². The Kier molecular flexibility index (Phi) is 8.06. The van der Waals surface area contributed by atoms with Gasteiger partial charge in [0, 0.05) is 11.4 Å². The average Bonchev–Trinajstić information content (AvgIpc) is 2.74. The monoisotopic (exact) mass is 464 g/mol. The molecule has 0 saturated carbocycles. The van der Waals surface area contributed by atoms with Gasteiger partial charge in [-0.2, -0.15) is 0 Å². The molecule has 1 aromatic carbocycles. The predicted molar refractivity (Wildman–Crippen MR) is 122 cm³/mol. The largest absolute Gasteiger partial charge is 0.480 e. The van der Waals surface area contributed by atoms with Crippen molar-refractivity contribution >= 4 is 27.1 Å². The molecular weight excluding hydrogens is 435 g/mol. The van der Waals surface area contributed by atoms with E-state index in [4.69, 9.17) is 10.1 Å². The minimum Gasteiger partial charge on any atom is -0.480 e. The second kappa shape index (κ2) is 10.2. The van der Waals surface area contributed by atoms with Crippen LogP contribution in [0.25, 0.3) is 0 Å². The van der Waals surface area contributed by atoms with E-state index >= 15 is 0 Å². The zero-order chi connectivity index (χ0) is 24.1. The lowest BCUT2D eigenvalue weighted by atomic mass is 10.0. The Labute approximate surface area is 188 Å². The lowest BCUT2D eigenvalue weighted by Gasteiger charge is -2.27. The van der Waals surface area contributed by atoms with Crippen molar-refractivity contribution in [2.75, 3.05) is 18.2 Å². The molecule has 0 fully saturated rings. The van der Waals surface area contributed by atoms with Gasteiger partial charge in [-0.1, -0.05) is 20.3 Å². The normalized spacial score (nSPS) is 12.8. The first-order chi connectivity index (χ1) is 14.9. The van der Waals surface area contributed by atoms with Gasteiger partial charge in [-0.15, -0.1) is 0 Å². The van der Waals surface area contributed by atoms with Crippen molar-refractivity contribution < 1.29 is 22.3 Å². The number of nitrogens with zero attached hydrogens (tertiary/aromatic N) is 2. The van der Waals surface area contributed by atoms with Gasteiger partial charge in [0.15, 0.2) is 9.84 Å². The number of methoxy groups -OCH3 is 1. The zero-order valence-corrected chi connectivity index (χ0v) is 19.7. The number of aromatic nitrogens is 2. The van der Waals surface area contributed by atoms with Gasteiger partial charge < -0.3 is 15.5 Å². The fourth-order valence-corrected chi connectivity index (χ4v) is 4.83. The van der Waals surface area contributed by atoms with E-state index in [1.165, 1.54) is 51.6 Å². The Morgan fingerprint density at radius 3 is 2.53 bits per heavy atom. The molecule has 0 aliphatic rings. The maximum Gasteiger partial charge on any atom is 0.275 e. The number of ether oxygens (including phenoxy) is 1. The Balaban J connectivity index is 2.22. The van der Waals surface area contributed by atoms with Crippen LogP contribution < -0.4 is 10.1 Å². The summed E-state index contributed by atoms with van der Waals surface area (Å²) in [5.74, 6) is -1.88. The summed E-state index contributed by atoms with van der Waals surface area (Å²) in [6.45, 7) is 6.51. The second-order valence-electron chi connectivity index (χ2n) is 8.06. The van der Waals surface area contributed by atoms with Gasteiger partial charge in [-0.3, -0.25) is 4.79 Å². The Bertz CT molecular complexity index is 1090. The average molecular weight is 465 g/mol. The molecule has 8 nitrogen and oxygen atoms in total. The first-order valence-electron chi connectivity index (χ1n) is 10.2. The summed E-state index contributed by atoms with van der Waals surface area (Å²) in [5, 5.41) is 10.8. The van der Waals surface area contributed by atoms with Crippen LogP contribution in [0.4, 0.5) is 10.1 Å². The van der Waals surface area contributed by atoms with Crippen LogP contribution in [-0.4, -0.2) is 47.6 Å². The molecule has 1 aromatic heterocycles. The van der Waals surface area contributed by atoms with Crippen LogP contribution in [0.1, 0.15) is 62.5 Å². The van der Waals surface area contributed by atoms with Crippen molar-refractivity contribution in [2.24, 2.45) is 0 Å². The molecule has 2 N–H and O–H groups in total. The molecule has 1 heterocycles. The third-order valence-electron chi connectivity index (χ3n) is 5.33. The number of benzene rings is 1. The number of anilines is 1. The molecule has 0 radical (unpaired) electrons. The number of sulfone groups is 1. The summed E-state index contributed by atoms with van der Waals surface area (Å²) in [6, 6.07) is 3.97. The van der Waals surface area contributed by atoms with Gasteiger partial charge in [-0.25, -0.2) is 22.8 Å². The summed E-state index contributed by atoms with van der Waals surface area (Å²) in [4.78, 5) is 20.3. The number of hydrogen-bond donors (Lipinski definition) is 2. The minimum atomic E-state index is -3.74. The van der Waals surface area contributed by atoms with Gasteiger partial charge >= 0.3 is 0 Å². The molecule has 1 unspecified atom stereocenters. The lowest BCUT2D eigenvalue weighted by Crippen LogP contribution is -2.42. The summed E-state index contributed by atoms with van der Waals surface area (Å²) in [5.41, 5.74) is 0.633. The van der Waals surface area contributed by atoms with E-state index in [-0.39, 0.29) is 28.6 Å². The Morgan fingerprint density at radius 1 is 1.28 bits per heavy atom. The molecule has 1 atom stereocenters. The van der Waals surface area contributed by atoms with Crippen LogP contribution in [0, 0.1) is 11.2 Å². The molecule has 0 saturated heterocycles. The fourth-order valence-electron chi connectivity index (χ4n) is 3.10. The van der Waals surface area contributed by atoms with Gasteiger partial charge in [0.1, 0.15) is 16.3 Å². The summed E-state index contributed by atoms with van der Waals surface area (Å²) >= 11 is 0. The van der Waals surface area contributed by atoms with Crippen LogP contribution in [-0.2, 0) is 9.84 Å². The van der Waals surface area contributed by atoms with E-state index in [2.05, 4.69) is 15.3 Å². The minimum absolute atomic E-state index is 0.0449. The van der Waals surface area contributed by atoms with Crippen molar-refractivity contribution in [1.29, 1.82) is 5.41 Å². The lowest BCUT2D eigenvalue weighted by molar-refractivity contribution is 0.102. The van der Waals surface area contributed by atoms with E-state index in [9.17, 15) is 17.6 Å². The first kappa shape index (κ1) is 25.4. The van der Waals surface area contributed by atoms with Crippen molar-refractivity contribution in [2.45, 2.75) is 51.2 Å². The second-order valence-corrected chi connectivity index (χ2v) is 10.6. The van der Waals surface area contributed by atoms with Crippen molar-refractivity contribution in [3.8, 4) is 5.88 Å². The number of rotatable bonds is 10. The molecule has 0 aliphatic carbocycles. The van der Waals surface area contributed by atoms with E-state index in [1.54, 1.807) is 6.92 Å². The molecular formula is C22H29FN4O4S. The molecule has 2 aromatic rings. The van der Waals surface area contributed by atoms with Crippen LogP contribution >= 0.6 is 0 Å². The fraction of sp³-hybridized carbons (Fsp3) is 0.455. The Morgan fingerprint density at radius 2 is 1.97 bits per heavy atom. The standard InChI is InChI=1S/C22H29FN4O4S/c1-6-7-19(24)22(3,4)32(29,30)13-14(2)16-10-15(8-9-17(16)23)27-21(28)18-11-26-20(31-5)12-25-18/h8-12,14,24H,6-7,13H2,1-5H3,(H,27,28). The molecule has 0 spiro atoms. The number of nitrogens with one attached hydrogen (secondary N) is 2. The zero-order valence-electron chi connectivity index (χ0n) is 18.9. The van der Waals surface area contributed by atoms with E-state index < -0.39 is 32.2 Å². The number of hydrogen-bond acceptors (Lipinski definition) is 7. The molecule has 174 valence electrons. The van der Waals surface area contributed by atoms with Gasteiger partial charge in [0.2, 0.25) is 5.88 Å². The highest BCUT2D eigenvalue weighted by molar-refractivity contribution is 7.93. The summed E-state index contributed by atoms with van der Waals surface area (Å²) < 4.78 is 44.1. The van der Waals surface area contributed by atoms with Crippen LogP contribution in [0.5, 0.6) is 5.88 Å². The first-order valence-corrected chi connectivity index (χ1v) is 11.8. The topological polar surface area (TPSA) is 122 Å². The van der Waals surface area contributed by atoms with E-state index in [0.717, 1.165) is 0 Å². The number of amides is 1. The van der Waals surface area contributed by atoms with Crippen molar-refractivity contribution in [3.05, 3.63) is 47.7 Å². The van der Waals surface area contributed by atoms with Crippen LogP contribution in [0.2, 0.25) is 0 Å². The third-order valence-corrected chi connectivity index (χ3v) is 8.07. The molecule has 2 rings (SSSR count). The van der Waals surface area contributed by atoms with Gasteiger partial charge in [0.05, 0.1) is 25.3 Å². The SMILES string of the molecule is CCCC(=N)C(C)(C)S(=O)(=O)CC(C)c1cc(NC(=O)c2cnc(OC)cn2)ccc1F. The summed E-state index contributed by atoms with van der Waals surface area (Å²) in [6.07, 6.45) is 3.60. The smallest absolute Gasteiger partial charge is 0.275 e. The Hall–Kier alpha value is -2.88. The quantitative estimate of drug-likeness (QED) is 0.513. The van der Waals surface area contributed by atoms with Gasteiger partial charge in [0.25, 0.3) is 5.91 Å².